The van der Waals surface area contributed by atoms with Crippen molar-refractivity contribution in [2.45, 2.75) is 26.0 Å². The van der Waals surface area contributed by atoms with Crippen molar-refractivity contribution in [1.29, 1.82) is 0 Å². The zero-order chi connectivity index (χ0) is 24.0. The first-order chi connectivity index (χ1) is 16.6. The first-order valence-corrected chi connectivity index (χ1v) is 11.3. The van der Waals surface area contributed by atoms with Crippen LogP contribution in [-0.2, 0) is 25.7 Å². The van der Waals surface area contributed by atoms with Gasteiger partial charge in [0.25, 0.3) is 0 Å². The van der Waals surface area contributed by atoms with Gasteiger partial charge < -0.3 is 24.8 Å². The lowest BCUT2D eigenvalue weighted by atomic mass is 10.2. The second-order valence-electron chi connectivity index (χ2n) is 7.50. The SMILES string of the molecule is CCOCCC(=O)NC(COCc1ccccc1)C(=O)Nc1ccc(Oc2ccccc2)cc1. The number of carbonyl (C=O) groups is 2. The van der Waals surface area contributed by atoms with Gasteiger partial charge in [0.1, 0.15) is 17.5 Å². The fourth-order valence-corrected chi connectivity index (χ4v) is 3.09. The number of hydrogen-bond donors (Lipinski definition) is 2. The van der Waals surface area contributed by atoms with Crippen LogP contribution in [-0.4, -0.2) is 37.7 Å². The van der Waals surface area contributed by atoms with E-state index in [9.17, 15) is 9.59 Å². The van der Waals surface area contributed by atoms with E-state index in [4.69, 9.17) is 14.2 Å². The van der Waals surface area contributed by atoms with Crippen molar-refractivity contribution in [3.8, 4) is 11.5 Å². The van der Waals surface area contributed by atoms with Crippen LogP contribution in [0.2, 0.25) is 0 Å². The predicted octanol–water partition coefficient (Wildman–Crippen LogP) is 4.55. The van der Waals surface area contributed by atoms with Crippen LogP contribution in [0.4, 0.5) is 5.69 Å². The Hall–Kier alpha value is -3.68. The van der Waals surface area contributed by atoms with Crippen LogP contribution in [0.1, 0.15) is 18.9 Å². The second-order valence-corrected chi connectivity index (χ2v) is 7.50. The highest BCUT2D eigenvalue weighted by Crippen LogP contribution is 2.22. The smallest absolute Gasteiger partial charge is 0.249 e. The summed E-state index contributed by atoms with van der Waals surface area (Å²) in [6, 6.07) is 25.3. The van der Waals surface area contributed by atoms with Gasteiger partial charge in [0.2, 0.25) is 11.8 Å². The van der Waals surface area contributed by atoms with Gasteiger partial charge in [-0.05, 0) is 48.9 Å². The van der Waals surface area contributed by atoms with Crippen LogP contribution >= 0.6 is 0 Å². The molecular weight excluding hydrogens is 432 g/mol. The van der Waals surface area contributed by atoms with Gasteiger partial charge in [-0.2, -0.15) is 0 Å². The van der Waals surface area contributed by atoms with Gasteiger partial charge in [0.05, 0.1) is 19.8 Å². The summed E-state index contributed by atoms with van der Waals surface area (Å²) in [5, 5.41) is 5.58. The zero-order valence-electron chi connectivity index (χ0n) is 19.2. The van der Waals surface area contributed by atoms with Crippen LogP contribution in [0, 0.1) is 0 Å². The molecule has 7 nitrogen and oxygen atoms in total. The van der Waals surface area contributed by atoms with Crippen LogP contribution in [0.15, 0.2) is 84.9 Å². The minimum atomic E-state index is -0.849. The van der Waals surface area contributed by atoms with Crippen molar-refractivity contribution in [2.24, 2.45) is 0 Å². The van der Waals surface area contributed by atoms with Gasteiger partial charge in [0, 0.05) is 18.7 Å². The van der Waals surface area contributed by atoms with Gasteiger partial charge >= 0.3 is 0 Å². The largest absolute Gasteiger partial charge is 0.457 e. The van der Waals surface area contributed by atoms with Crippen LogP contribution < -0.4 is 15.4 Å². The fourth-order valence-electron chi connectivity index (χ4n) is 3.09. The number of amides is 2. The normalized spacial score (nSPS) is 11.4. The molecule has 0 aliphatic carbocycles. The zero-order valence-corrected chi connectivity index (χ0v) is 19.2. The summed E-state index contributed by atoms with van der Waals surface area (Å²) in [6.07, 6.45) is 0.168. The van der Waals surface area contributed by atoms with Crippen molar-refractivity contribution in [1.82, 2.24) is 5.32 Å². The monoisotopic (exact) mass is 462 g/mol. The Kier molecular flexibility index (Phi) is 10.1. The molecule has 0 fully saturated rings. The lowest BCUT2D eigenvalue weighted by molar-refractivity contribution is -0.128. The second kappa shape index (κ2) is 13.8. The first-order valence-electron chi connectivity index (χ1n) is 11.3. The maximum Gasteiger partial charge on any atom is 0.249 e. The molecule has 0 heterocycles. The average Bonchev–Trinajstić information content (AvgIpc) is 2.86. The molecule has 1 atom stereocenters. The summed E-state index contributed by atoms with van der Waals surface area (Å²) >= 11 is 0. The maximum atomic E-state index is 12.9. The number of anilines is 1. The molecular formula is C27H30N2O5. The minimum Gasteiger partial charge on any atom is -0.457 e. The summed E-state index contributed by atoms with van der Waals surface area (Å²) in [5.41, 5.74) is 1.57. The summed E-state index contributed by atoms with van der Waals surface area (Å²) in [7, 11) is 0. The number of carbonyl (C=O) groups excluding carboxylic acids is 2. The Morgan fingerprint density at radius 2 is 1.47 bits per heavy atom. The quantitative estimate of drug-likeness (QED) is 0.364. The van der Waals surface area contributed by atoms with Crippen LogP contribution in [0.25, 0.3) is 0 Å². The average molecular weight is 463 g/mol. The highest BCUT2D eigenvalue weighted by molar-refractivity contribution is 5.97. The lowest BCUT2D eigenvalue weighted by Gasteiger charge is -2.19. The fraction of sp³-hybridized carbons (Fsp3) is 0.259. The molecule has 178 valence electrons. The maximum absolute atomic E-state index is 12.9. The molecule has 0 saturated heterocycles. The molecule has 34 heavy (non-hydrogen) atoms. The standard InChI is InChI=1S/C27H30N2O5/c1-2-32-18-17-26(30)29-25(20-33-19-21-9-5-3-6-10-21)27(31)28-22-13-15-24(16-14-22)34-23-11-7-4-8-12-23/h3-16,25H,2,17-20H2,1H3,(H,28,31)(H,29,30). The molecule has 0 saturated carbocycles. The molecule has 3 aromatic rings. The minimum absolute atomic E-state index is 0.0380. The number of benzene rings is 3. The number of rotatable bonds is 13. The van der Waals surface area contributed by atoms with Crippen LogP contribution in [0.3, 0.4) is 0 Å². The summed E-state index contributed by atoms with van der Waals surface area (Å²) < 4.78 is 16.7. The third kappa shape index (κ3) is 8.69. The summed E-state index contributed by atoms with van der Waals surface area (Å²) in [5.74, 6) is 0.735. The van der Waals surface area contributed by atoms with Crippen molar-refractivity contribution in [3.05, 3.63) is 90.5 Å². The first kappa shape index (κ1) is 25.0. The van der Waals surface area contributed by atoms with Crippen molar-refractivity contribution in [2.75, 3.05) is 25.1 Å². The van der Waals surface area contributed by atoms with Crippen LogP contribution in [0.5, 0.6) is 11.5 Å². The van der Waals surface area contributed by atoms with E-state index in [0.29, 0.717) is 31.3 Å². The molecule has 0 aliphatic heterocycles. The Balaban J connectivity index is 1.57. The molecule has 3 rings (SSSR count). The highest BCUT2D eigenvalue weighted by atomic mass is 16.5. The number of ether oxygens (including phenoxy) is 3. The molecule has 7 heteroatoms. The third-order valence-electron chi connectivity index (χ3n) is 4.83. The van der Waals surface area contributed by atoms with Gasteiger partial charge in [0.15, 0.2) is 0 Å². The van der Waals surface area contributed by atoms with Gasteiger partial charge in [-0.25, -0.2) is 0 Å². The topological polar surface area (TPSA) is 85.9 Å². The Morgan fingerprint density at radius 1 is 0.824 bits per heavy atom. The molecule has 0 spiro atoms. The molecule has 0 aromatic heterocycles. The molecule has 2 N–H and O–H groups in total. The van der Waals surface area contributed by atoms with Crippen molar-refractivity contribution in [3.63, 3.8) is 0 Å². The number of nitrogens with one attached hydrogen (secondary N) is 2. The van der Waals surface area contributed by atoms with Gasteiger partial charge in [-0.3, -0.25) is 9.59 Å². The van der Waals surface area contributed by atoms with E-state index in [-0.39, 0.29) is 24.8 Å². The Morgan fingerprint density at radius 3 is 2.15 bits per heavy atom. The summed E-state index contributed by atoms with van der Waals surface area (Å²) in [6.45, 7) is 3.06. The Bertz CT molecular complexity index is 1010. The third-order valence-corrected chi connectivity index (χ3v) is 4.83. The van der Waals surface area contributed by atoms with E-state index in [1.165, 1.54) is 0 Å². The van der Waals surface area contributed by atoms with Gasteiger partial charge in [-0.1, -0.05) is 48.5 Å². The van der Waals surface area contributed by atoms with Crippen molar-refractivity contribution < 1.29 is 23.8 Å². The summed E-state index contributed by atoms with van der Waals surface area (Å²) in [4.78, 5) is 25.2. The molecule has 0 radical (unpaired) electrons. The Labute approximate surface area is 200 Å². The van der Waals surface area contributed by atoms with E-state index in [1.54, 1.807) is 24.3 Å². The number of para-hydroxylation sites is 1. The van der Waals surface area contributed by atoms with E-state index in [0.717, 1.165) is 11.3 Å². The van der Waals surface area contributed by atoms with Gasteiger partial charge in [-0.15, -0.1) is 0 Å². The van der Waals surface area contributed by atoms with Crippen molar-refractivity contribution >= 4 is 17.5 Å². The lowest BCUT2D eigenvalue weighted by Crippen LogP contribution is -2.47. The molecule has 3 aromatic carbocycles. The molecule has 2 amide bonds. The molecule has 0 bridgehead atoms. The highest BCUT2D eigenvalue weighted by Gasteiger charge is 2.21. The van der Waals surface area contributed by atoms with E-state index in [1.807, 2.05) is 67.6 Å². The predicted molar refractivity (Wildman–Crippen MR) is 131 cm³/mol. The van der Waals surface area contributed by atoms with E-state index < -0.39 is 6.04 Å². The van der Waals surface area contributed by atoms with E-state index in [2.05, 4.69) is 10.6 Å². The molecule has 0 aliphatic rings. The van der Waals surface area contributed by atoms with E-state index >= 15 is 0 Å². The number of hydrogen-bond acceptors (Lipinski definition) is 5. The molecule has 1 unspecified atom stereocenters.